The van der Waals surface area contributed by atoms with Gasteiger partial charge in [-0.05, 0) is 48.2 Å². The van der Waals surface area contributed by atoms with Crippen LogP contribution in [-0.2, 0) is 4.79 Å². The maximum Gasteiger partial charge on any atom is 0.261 e. The van der Waals surface area contributed by atoms with E-state index in [-0.39, 0.29) is 24.3 Å². The fraction of sp³-hybridized carbons (Fsp3) is 0.300. The highest BCUT2D eigenvalue weighted by atomic mass is 16.5. The quantitative estimate of drug-likeness (QED) is 0.393. The lowest BCUT2D eigenvalue weighted by Crippen LogP contribution is -2.41. The second kappa shape index (κ2) is 11.2. The second-order valence-electron chi connectivity index (χ2n) is 9.35. The number of nitrogens with zero attached hydrogens (tertiary/aromatic N) is 1. The Morgan fingerprint density at radius 3 is 2.00 bits per heavy atom. The molecule has 0 aliphatic carbocycles. The number of benzene rings is 3. The lowest BCUT2D eigenvalue weighted by molar-refractivity contribution is -0.123. The first-order valence-electron chi connectivity index (χ1n) is 12.4. The van der Waals surface area contributed by atoms with E-state index in [1.54, 1.807) is 24.3 Å². The molecule has 186 valence electrons. The fourth-order valence-corrected chi connectivity index (χ4v) is 4.16. The van der Waals surface area contributed by atoms with E-state index in [1.807, 2.05) is 61.5 Å². The molecule has 6 heteroatoms. The molecule has 3 atom stereocenters. The van der Waals surface area contributed by atoms with E-state index >= 15 is 0 Å². The fourth-order valence-electron chi connectivity index (χ4n) is 4.16. The van der Waals surface area contributed by atoms with E-state index in [0.717, 1.165) is 23.3 Å². The van der Waals surface area contributed by atoms with Crippen LogP contribution in [0.25, 0.3) is 0 Å². The molecule has 0 fully saturated rings. The van der Waals surface area contributed by atoms with Crippen LogP contribution in [-0.4, -0.2) is 35.8 Å². The first-order chi connectivity index (χ1) is 17.4. The van der Waals surface area contributed by atoms with Gasteiger partial charge in [0.05, 0.1) is 36.2 Å². The third-order valence-corrected chi connectivity index (χ3v) is 6.77. The van der Waals surface area contributed by atoms with Crippen molar-refractivity contribution in [3.05, 3.63) is 101 Å². The number of hydrogen-bond donors (Lipinski definition) is 1. The zero-order valence-electron chi connectivity index (χ0n) is 20.9. The van der Waals surface area contributed by atoms with Crippen molar-refractivity contribution < 1.29 is 19.1 Å². The first-order valence-corrected chi connectivity index (χ1v) is 12.4. The van der Waals surface area contributed by atoms with Crippen LogP contribution in [0.2, 0.25) is 0 Å². The molecular formula is C30H32N2O4. The van der Waals surface area contributed by atoms with Gasteiger partial charge >= 0.3 is 0 Å². The molecule has 36 heavy (non-hydrogen) atoms. The number of hydrogen-bond acceptors (Lipinski definition) is 4. The molecule has 0 saturated heterocycles. The van der Waals surface area contributed by atoms with Crippen molar-refractivity contribution in [1.29, 1.82) is 0 Å². The highest BCUT2D eigenvalue weighted by Gasteiger charge is 2.37. The van der Waals surface area contributed by atoms with Gasteiger partial charge in [0.15, 0.2) is 0 Å². The summed E-state index contributed by atoms with van der Waals surface area (Å²) < 4.78 is 5.87. The molecule has 1 aliphatic rings. The number of carbonyl (C=O) groups excluding carboxylic acids is 3. The Labute approximate surface area is 212 Å². The zero-order valence-corrected chi connectivity index (χ0v) is 20.9. The Balaban J connectivity index is 1.56. The van der Waals surface area contributed by atoms with Crippen LogP contribution >= 0.6 is 0 Å². The number of imide groups is 1. The summed E-state index contributed by atoms with van der Waals surface area (Å²) in [4.78, 5) is 40.5. The van der Waals surface area contributed by atoms with Crippen molar-refractivity contribution in [3.63, 3.8) is 0 Å². The van der Waals surface area contributed by atoms with Crippen LogP contribution in [0, 0.1) is 5.92 Å². The van der Waals surface area contributed by atoms with Gasteiger partial charge < -0.3 is 10.1 Å². The van der Waals surface area contributed by atoms with Gasteiger partial charge in [-0.2, -0.15) is 0 Å². The smallest absolute Gasteiger partial charge is 0.261 e. The molecule has 0 saturated carbocycles. The molecule has 4 rings (SSSR count). The normalized spacial score (nSPS) is 15.2. The van der Waals surface area contributed by atoms with Crippen molar-refractivity contribution in [2.75, 3.05) is 13.2 Å². The average molecular weight is 485 g/mol. The van der Waals surface area contributed by atoms with Gasteiger partial charge in [0.1, 0.15) is 5.75 Å². The SMILES string of the molecule is CCC(C)COc1ccc([C@H](CN2C(=O)c3ccccc3C2=O)NC(=O)C(C)c2ccccc2)cc1. The van der Waals surface area contributed by atoms with Crippen LogP contribution in [0.5, 0.6) is 5.75 Å². The molecule has 3 amide bonds. The Morgan fingerprint density at radius 1 is 0.833 bits per heavy atom. The van der Waals surface area contributed by atoms with Gasteiger partial charge in [-0.1, -0.05) is 74.9 Å². The molecule has 0 radical (unpaired) electrons. The van der Waals surface area contributed by atoms with Gasteiger partial charge in [0, 0.05) is 0 Å². The summed E-state index contributed by atoms with van der Waals surface area (Å²) in [6.07, 6.45) is 1.03. The highest BCUT2D eigenvalue weighted by Crippen LogP contribution is 2.27. The molecule has 3 aromatic carbocycles. The van der Waals surface area contributed by atoms with Gasteiger partial charge in [0.25, 0.3) is 11.8 Å². The van der Waals surface area contributed by atoms with Gasteiger partial charge in [0.2, 0.25) is 5.91 Å². The van der Waals surface area contributed by atoms with Crippen molar-refractivity contribution in [2.45, 2.75) is 39.2 Å². The summed E-state index contributed by atoms with van der Waals surface area (Å²) in [6.45, 7) is 6.76. The molecule has 2 unspecified atom stereocenters. The van der Waals surface area contributed by atoms with Crippen molar-refractivity contribution in [2.24, 2.45) is 5.92 Å². The molecule has 6 nitrogen and oxygen atoms in total. The van der Waals surface area contributed by atoms with Crippen molar-refractivity contribution >= 4 is 17.7 Å². The Hall–Kier alpha value is -3.93. The summed E-state index contributed by atoms with van der Waals surface area (Å²) in [5, 5.41) is 3.08. The summed E-state index contributed by atoms with van der Waals surface area (Å²) in [6, 6.07) is 23.2. The number of nitrogens with one attached hydrogen (secondary N) is 1. The Morgan fingerprint density at radius 2 is 1.42 bits per heavy atom. The monoisotopic (exact) mass is 484 g/mol. The average Bonchev–Trinajstić information content (AvgIpc) is 3.16. The van der Waals surface area contributed by atoms with Crippen LogP contribution < -0.4 is 10.1 Å². The van der Waals surface area contributed by atoms with Crippen molar-refractivity contribution in [1.82, 2.24) is 10.2 Å². The standard InChI is InChI=1S/C30H32N2O4/c1-4-20(2)19-36-24-16-14-23(15-17-24)27(31-28(33)21(3)22-10-6-5-7-11-22)18-32-29(34)25-12-8-9-13-26(25)30(32)35/h5-17,20-21,27H,4,18-19H2,1-3H3,(H,31,33)/t20?,21?,27-/m0/s1. The van der Waals surface area contributed by atoms with E-state index in [2.05, 4.69) is 19.2 Å². The van der Waals surface area contributed by atoms with Crippen molar-refractivity contribution in [3.8, 4) is 5.75 Å². The molecule has 1 aliphatic heterocycles. The zero-order chi connectivity index (χ0) is 25.7. The third kappa shape index (κ3) is 5.48. The summed E-state index contributed by atoms with van der Waals surface area (Å²) in [7, 11) is 0. The topological polar surface area (TPSA) is 75.7 Å². The highest BCUT2D eigenvalue weighted by molar-refractivity contribution is 6.21. The van der Waals surface area contributed by atoms with E-state index in [4.69, 9.17) is 4.74 Å². The summed E-state index contributed by atoms with van der Waals surface area (Å²) in [5.74, 6) is -0.0830. The second-order valence-corrected chi connectivity index (χ2v) is 9.35. The van der Waals surface area contributed by atoms with Gasteiger partial charge in [-0.3, -0.25) is 19.3 Å². The maximum absolute atomic E-state index is 13.2. The van der Waals surface area contributed by atoms with Crippen LogP contribution in [0.1, 0.15) is 71.0 Å². The molecule has 1 N–H and O–H groups in total. The number of rotatable bonds is 10. The van der Waals surface area contributed by atoms with Gasteiger partial charge in [-0.15, -0.1) is 0 Å². The van der Waals surface area contributed by atoms with E-state index in [9.17, 15) is 14.4 Å². The van der Waals surface area contributed by atoms with Crippen LogP contribution in [0.4, 0.5) is 0 Å². The van der Waals surface area contributed by atoms with E-state index in [1.165, 1.54) is 4.90 Å². The molecule has 0 bridgehead atoms. The number of carbonyl (C=O) groups is 3. The number of amides is 3. The maximum atomic E-state index is 13.2. The first kappa shape index (κ1) is 25.2. The largest absolute Gasteiger partial charge is 0.493 e. The number of fused-ring (bicyclic) bond motifs is 1. The van der Waals surface area contributed by atoms with Crippen LogP contribution in [0.15, 0.2) is 78.9 Å². The van der Waals surface area contributed by atoms with Crippen LogP contribution in [0.3, 0.4) is 0 Å². The Bertz CT molecular complexity index is 1190. The minimum absolute atomic E-state index is 0.0344. The third-order valence-electron chi connectivity index (χ3n) is 6.77. The minimum atomic E-state index is -0.575. The Kier molecular flexibility index (Phi) is 7.84. The lowest BCUT2D eigenvalue weighted by Gasteiger charge is -2.26. The molecule has 1 heterocycles. The number of ether oxygens (including phenoxy) is 1. The lowest BCUT2D eigenvalue weighted by atomic mass is 9.99. The van der Waals surface area contributed by atoms with E-state index in [0.29, 0.717) is 23.7 Å². The predicted molar refractivity (Wildman–Crippen MR) is 139 cm³/mol. The molecular weight excluding hydrogens is 452 g/mol. The van der Waals surface area contributed by atoms with Gasteiger partial charge in [-0.25, -0.2) is 0 Å². The molecule has 0 aromatic heterocycles. The summed E-state index contributed by atoms with van der Waals surface area (Å²) >= 11 is 0. The molecule has 0 spiro atoms. The van der Waals surface area contributed by atoms with E-state index < -0.39 is 12.0 Å². The summed E-state index contributed by atoms with van der Waals surface area (Å²) in [5.41, 5.74) is 2.46. The minimum Gasteiger partial charge on any atom is -0.493 e. The molecule has 3 aromatic rings. The predicted octanol–water partition coefficient (Wildman–Crippen LogP) is 5.37.